The van der Waals surface area contributed by atoms with Crippen molar-refractivity contribution in [2.75, 3.05) is 19.8 Å². The summed E-state index contributed by atoms with van der Waals surface area (Å²) < 4.78 is 57.7. The average Bonchev–Trinajstić information content (AvgIpc) is 0.754. The molecule has 130 heavy (non-hydrogen) atoms. The molecular formula is C86H84Cl2IN9O32. The molecule has 8 amide bonds. The molecule has 686 valence electrons. The molecule has 8 aromatic rings. The minimum absolute atomic E-state index is 0.0327. The van der Waals surface area contributed by atoms with Gasteiger partial charge < -0.3 is 162 Å². The lowest BCUT2D eigenvalue weighted by Crippen LogP contribution is -2.65. The fourth-order valence-electron chi connectivity index (χ4n) is 16.0. The molecule has 44 heteroatoms. The number of halogens is 3. The first-order valence-electron chi connectivity index (χ1n) is 40.1. The molecule has 3 fully saturated rings. The van der Waals surface area contributed by atoms with E-state index in [9.17, 15) is 90.7 Å². The van der Waals surface area contributed by atoms with Crippen molar-refractivity contribution in [1.29, 1.82) is 0 Å². The highest BCUT2D eigenvalue weighted by molar-refractivity contribution is 14.1. The van der Waals surface area contributed by atoms with Gasteiger partial charge in [-0.2, -0.15) is 0 Å². The molecule has 17 bridgehead atoms. The molecule has 0 radical (unpaired) electrons. The Labute approximate surface area is 758 Å². The summed E-state index contributed by atoms with van der Waals surface area (Å²) in [4.78, 5) is 139. The van der Waals surface area contributed by atoms with Crippen molar-refractivity contribution >= 4 is 99.0 Å². The number of amides is 8. The van der Waals surface area contributed by atoms with Gasteiger partial charge in [0.2, 0.25) is 65.6 Å². The van der Waals surface area contributed by atoms with Crippen LogP contribution < -0.4 is 72.0 Å². The van der Waals surface area contributed by atoms with Crippen LogP contribution in [0.1, 0.15) is 87.7 Å². The van der Waals surface area contributed by atoms with E-state index < -0.39 is 293 Å². The third kappa shape index (κ3) is 19.3. The highest BCUT2D eigenvalue weighted by atomic mass is 127. The molecule has 8 aromatic carbocycles. The second kappa shape index (κ2) is 38.6. The summed E-state index contributed by atoms with van der Waals surface area (Å²) in [6.45, 7) is -2.12. The summed E-state index contributed by atoms with van der Waals surface area (Å²) in [6, 6.07) is 10.4. The number of carboxylic acid groups (broad SMARTS) is 1. The van der Waals surface area contributed by atoms with Gasteiger partial charge in [0.25, 0.3) is 0 Å². The summed E-state index contributed by atoms with van der Waals surface area (Å²) in [5.74, 6) is -18.2. The van der Waals surface area contributed by atoms with E-state index in [2.05, 4.69) is 42.5 Å². The molecule has 0 spiro atoms. The lowest BCUT2D eigenvalue weighted by Gasteiger charge is -2.44. The number of ether oxygens (including phenoxy) is 9. The molecule has 0 aromatic heterocycles. The zero-order valence-corrected chi connectivity index (χ0v) is 71.2. The van der Waals surface area contributed by atoms with Gasteiger partial charge in [0.15, 0.2) is 35.3 Å². The molecule has 24 N–H and O–H groups in total. The van der Waals surface area contributed by atoms with Gasteiger partial charge >= 0.3 is 5.97 Å². The average molecular weight is 1950 g/mol. The number of aliphatic hydroxyl groups excluding tert-OH is 10. The second-order valence-electron chi connectivity index (χ2n) is 31.5. The predicted molar refractivity (Wildman–Crippen MR) is 452 cm³/mol. The molecule has 17 rings (SSSR count). The van der Waals surface area contributed by atoms with Crippen molar-refractivity contribution < 1.29 is 157 Å². The van der Waals surface area contributed by atoms with Gasteiger partial charge in [-0.05, 0) is 146 Å². The van der Waals surface area contributed by atoms with E-state index in [1.165, 1.54) is 48.5 Å². The van der Waals surface area contributed by atoms with Gasteiger partial charge in [-0.25, -0.2) is 4.79 Å². The Bertz CT molecular complexity index is 5750. The Balaban J connectivity index is 1.000. The number of nitrogens with one attached hydrogen (secondary N) is 8. The number of rotatable bonds is 14. The van der Waals surface area contributed by atoms with Crippen LogP contribution in [-0.2, 0) is 74.9 Å². The van der Waals surface area contributed by atoms with E-state index in [0.717, 1.165) is 73.7 Å². The van der Waals surface area contributed by atoms with E-state index >= 15 is 24.0 Å². The molecule has 23 atom stereocenters. The number of nitrogens with two attached hydrogens (primary N) is 1. The smallest absolute Gasteiger partial charge is 0.330 e. The van der Waals surface area contributed by atoms with Crippen LogP contribution in [0.2, 0.25) is 10.0 Å². The van der Waals surface area contributed by atoms with Crippen LogP contribution in [0.25, 0.3) is 11.1 Å². The molecule has 41 nitrogen and oxygen atoms in total. The van der Waals surface area contributed by atoms with Gasteiger partial charge in [0.05, 0.1) is 36.3 Å². The van der Waals surface area contributed by atoms with E-state index in [4.69, 9.17) is 71.6 Å². The first-order chi connectivity index (χ1) is 62.0. The minimum Gasteiger partial charge on any atom is -0.508 e. The minimum atomic E-state index is -2.55. The molecule has 9 aliphatic rings. The SMILES string of the molecule is CC(=O)N[C@H]1C(O)[C@H](O)C(CO)O[C@H]1O[C@@H]1c2ccc(c(Cl)c2)Oc2cc3cc(c2O[C@@H]2OC(CO)[C@@H](O)[C@H](O)C2NC(=O)Cc2ccccc2)Oc2ccc(cc2Cl)C[C@H]2NC(=O)[C@H](N)c4ccc(O)c(c4)Oc4cc(O)cc(c4)[C@H](NC2=O)C(=O)N[C@H]3C(=O)N[C@H]2C(=O)N[C@@H]1C(=O)N[C@H](C(=O)O)c1cc(O)cc(O[C@H]3OC(CO)[C@@H](O)[C@@H](O)C3O)c1-c1cc2ccc1I. The molecule has 3 saturated heterocycles. The van der Waals surface area contributed by atoms with Crippen molar-refractivity contribution in [2.45, 2.75) is 160 Å². The number of hydrogen-bond acceptors (Lipinski definition) is 32. The van der Waals surface area contributed by atoms with Gasteiger partial charge in [0, 0.05) is 40.2 Å². The molecule has 0 aliphatic carbocycles. The van der Waals surface area contributed by atoms with Crippen LogP contribution in [0.4, 0.5) is 0 Å². The van der Waals surface area contributed by atoms with Crippen LogP contribution >= 0.6 is 45.8 Å². The Hall–Kier alpha value is -11.9. The van der Waals surface area contributed by atoms with E-state index in [-0.39, 0.29) is 60.1 Å². The topological polar surface area (TPSA) is 642 Å². The predicted octanol–water partition coefficient (Wildman–Crippen LogP) is 0.165. The van der Waals surface area contributed by atoms with Crippen LogP contribution in [0, 0.1) is 3.57 Å². The third-order valence-electron chi connectivity index (χ3n) is 22.6. The standard InChI is InChI=1S/C86H84Cl2IN9O32/c1-31(102)91-65-71(110)68(107)55(28-99)126-84(65)129-75-36-10-14-50(45(88)21-36)124-54-24-38-23-53(76(54)130-85-66(72(111)69(108)56(29-100)127-85)93-58(106)17-32-5-3-2-4-6-32)123-49-13-7-33(15-44(49)87)16-47-77(114)94-62(37-18-39(103)25-41(19-37)122-51-22-34(9-12-48(51)105)60(90)78(115)92-47)80(117)96-63(38)81(118)95-61-35-8-11-46(89)42(20-35)59-43(64(83(120)121)97-82(119)67(75)98-79(61)116)26-40(104)27-52(59)125-86-74(113)73(112)70(109)57(30-101)128-86/h2-15,18-27,47,55-57,60-75,84-86,99-101,103-105,107-113H,16-17,28-30,90H2,1H3,(H,91,102)(H,92,115)(H,93,106)(H,94,114)(H,95,118)(H,96,117)(H,97,119)(H,98,116)(H,120,121)/t47-,55?,56?,57?,60-,61-,62+,63-,64+,65+,66?,67+,68-,69-,70-,71?,72-,73-,74?,75-,84+,85+,86+/m1/s1. The van der Waals surface area contributed by atoms with Crippen molar-refractivity contribution in [3.05, 3.63) is 204 Å². The van der Waals surface area contributed by atoms with Crippen molar-refractivity contribution in [3.63, 3.8) is 0 Å². The zero-order valence-electron chi connectivity index (χ0n) is 67.5. The lowest BCUT2D eigenvalue weighted by atomic mass is 9.90. The zero-order chi connectivity index (χ0) is 92.9. The number of hydrogen-bond donors (Lipinski definition) is 23. The Kier molecular flexibility index (Phi) is 27.6. The highest BCUT2D eigenvalue weighted by Crippen LogP contribution is 2.51. The van der Waals surface area contributed by atoms with Crippen molar-refractivity contribution in [2.24, 2.45) is 5.73 Å². The lowest BCUT2D eigenvalue weighted by molar-refractivity contribution is -0.284. The van der Waals surface area contributed by atoms with Gasteiger partial charge in [-0.1, -0.05) is 77.8 Å². The third-order valence-corrected chi connectivity index (χ3v) is 24.2. The van der Waals surface area contributed by atoms with Crippen LogP contribution in [0.5, 0.6) is 63.2 Å². The number of carboxylic acids is 1. The second-order valence-corrected chi connectivity index (χ2v) is 33.4. The number of phenols is 3. The molecular weight excluding hydrogens is 1870 g/mol. The number of fused-ring (bicyclic) bond motifs is 14. The fraction of sp³-hybridized carbons (Fsp3) is 0.337. The van der Waals surface area contributed by atoms with Crippen LogP contribution in [0.3, 0.4) is 0 Å². The Morgan fingerprint density at radius 2 is 1.07 bits per heavy atom. The number of aromatic hydroxyl groups is 3. The fourth-order valence-corrected chi connectivity index (χ4v) is 17.1. The van der Waals surface area contributed by atoms with Crippen LogP contribution in [0.15, 0.2) is 146 Å². The number of aliphatic carboxylic acids is 1. The van der Waals surface area contributed by atoms with E-state index in [0.29, 0.717) is 5.56 Å². The molecule has 6 unspecified atom stereocenters. The number of phenolic OH excluding ortho intramolecular Hbond substituents is 3. The maximum Gasteiger partial charge on any atom is 0.330 e. The number of benzene rings is 8. The summed E-state index contributed by atoms with van der Waals surface area (Å²) in [7, 11) is 0. The molecule has 9 heterocycles. The monoisotopic (exact) mass is 1950 g/mol. The summed E-state index contributed by atoms with van der Waals surface area (Å²) >= 11 is 16.5. The Morgan fingerprint density at radius 3 is 1.70 bits per heavy atom. The largest absolute Gasteiger partial charge is 0.508 e. The number of carbonyl (C=O) groups is 9. The van der Waals surface area contributed by atoms with Crippen molar-refractivity contribution in [3.8, 4) is 74.4 Å². The number of carbonyl (C=O) groups excluding carboxylic acids is 8. The summed E-state index contributed by atoms with van der Waals surface area (Å²) in [6.07, 6.45) is -29.3. The van der Waals surface area contributed by atoms with E-state index in [1.54, 1.807) is 52.9 Å². The summed E-state index contributed by atoms with van der Waals surface area (Å²) in [5, 5.41) is 178. The summed E-state index contributed by atoms with van der Waals surface area (Å²) in [5.41, 5.74) is 4.29. The molecule has 9 aliphatic heterocycles. The van der Waals surface area contributed by atoms with E-state index in [1.807, 2.05) is 0 Å². The first kappa shape index (κ1) is 92.8. The van der Waals surface area contributed by atoms with Gasteiger partial charge in [0.1, 0.15) is 150 Å². The quantitative estimate of drug-likeness (QED) is 0.0645. The maximum absolute atomic E-state index is 17.0. The van der Waals surface area contributed by atoms with Crippen molar-refractivity contribution in [1.82, 2.24) is 42.5 Å². The first-order valence-corrected chi connectivity index (χ1v) is 42.0. The van der Waals surface area contributed by atoms with Gasteiger partial charge in [-0.15, -0.1) is 0 Å². The molecule has 0 saturated carbocycles. The highest BCUT2D eigenvalue weighted by Gasteiger charge is 2.52. The Morgan fingerprint density at radius 1 is 0.508 bits per heavy atom. The van der Waals surface area contributed by atoms with Gasteiger partial charge in [-0.3, -0.25) is 38.4 Å². The number of aliphatic hydroxyl groups is 10. The maximum atomic E-state index is 17.0. The normalized spacial score (nSPS) is 29.1. The van der Waals surface area contributed by atoms with Crippen LogP contribution in [-0.4, -0.2) is 249 Å².